The first-order valence-corrected chi connectivity index (χ1v) is 6.38. The molecule has 0 spiro atoms. The van der Waals surface area contributed by atoms with Gasteiger partial charge in [-0.1, -0.05) is 0 Å². The maximum Gasteiger partial charge on any atom is 0.229 e. The van der Waals surface area contributed by atoms with E-state index in [1.165, 1.54) is 0 Å². The van der Waals surface area contributed by atoms with Crippen LogP contribution in [0.2, 0.25) is 0 Å². The quantitative estimate of drug-likeness (QED) is 0.803. The first-order chi connectivity index (χ1) is 7.84. The standard InChI is InChI=1S/C10H14N4OS/c15-9(6-8-7-16-5-4-11-8)14-10-12-2-1-3-13-10/h1-3,8,11H,4-7H2,(H,12,13,14,15). The van der Waals surface area contributed by atoms with Gasteiger partial charge in [-0.3, -0.25) is 10.1 Å². The van der Waals surface area contributed by atoms with Crippen molar-refractivity contribution in [2.75, 3.05) is 23.4 Å². The van der Waals surface area contributed by atoms with Crippen LogP contribution < -0.4 is 10.6 Å². The highest BCUT2D eigenvalue weighted by molar-refractivity contribution is 7.99. The minimum Gasteiger partial charge on any atom is -0.312 e. The number of carbonyl (C=O) groups excluding carboxylic acids is 1. The van der Waals surface area contributed by atoms with Gasteiger partial charge >= 0.3 is 0 Å². The van der Waals surface area contributed by atoms with E-state index in [0.29, 0.717) is 12.4 Å². The van der Waals surface area contributed by atoms with Crippen LogP contribution in [0.3, 0.4) is 0 Å². The minimum atomic E-state index is -0.0359. The van der Waals surface area contributed by atoms with Crippen LogP contribution in [0.5, 0.6) is 0 Å². The Morgan fingerprint density at radius 2 is 2.38 bits per heavy atom. The first kappa shape index (κ1) is 11.3. The van der Waals surface area contributed by atoms with E-state index in [0.717, 1.165) is 18.1 Å². The van der Waals surface area contributed by atoms with E-state index >= 15 is 0 Å². The second-order valence-electron chi connectivity index (χ2n) is 3.55. The summed E-state index contributed by atoms with van der Waals surface area (Å²) in [6.45, 7) is 0.977. The van der Waals surface area contributed by atoms with E-state index < -0.39 is 0 Å². The lowest BCUT2D eigenvalue weighted by Crippen LogP contribution is -2.40. The van der Waals surface area contributed by atoms with E-state index in [2.05, 4.69) is 20.6 Å². The third-order valence-electron chi connectivity index (χ3n) is 2.25. The lowest BCUT2D eigenvalue weighted by atomic mass is 10.2. The van der Waals surface area contributed by atoms with Crippen LogP contribution in [0.25, 0.3) is 0 Å². The minimum absolute atomic E-state index is 0.0359. The predicted molar refractivity (Wildman–Crippen MR) is 64.4 cm³/mol. The number of amides is 1. The Balaban J connectivity index is 1.80. The molecule has 0 saturated carbocycles. The average Bonchev–Trinajstić information content (AvgIpc) is 2.31. The molecule has 16 heavy (non-hydrogen) atoms. The fourth-order valence-corrected chi connectivity index (χ4v) is 2.46. The Morgan fingerprint density at radius 3 is 3.06 bits per heavy atom. The van der Waals surface area contributed by atoms with Crippen molar-refractivity contribution < 1.29 is 4.79 Å². The number of rotatable bonds is 3. The van der Waals surface area contributed by atoms with E-state index in [1.54, 1.807) is 18.5 Å². The van der Waals surface area contributed by atoms with Gasteiger partial charge < -0.3 is 5.32 Å². The highest BCUT2D eigenvalue weighted by Crippen LogP contribution is 2.10. The second-order valence-corrected chi connectivity index (χ2v) is 4.70. The summed E-state index contributed by atoms with van der Waals surface area (Å²) >= 11 is 1.88. The van der Waals surface area contributed by atoms with Crippen molar-refractivity contribution >= 4 is 23.6 Å². The van der Waals surface area contributed by atoms with Crippen molar-refractivity contribution in [3.8, 4) is 0 Å². The van der Waals surface area contributed by atoms with E-state index in [9.17, 15) is 4.79 Å². The monoisotopic (exact) mass is 238 g/mol. The highest BCUT2D eigenvalue weighted by atomic mass is 32.2. The Kier molecular flexibility index (Phi) is 4.12. The summed E-state index contributed by atoms with van der Waals surface area (Å²) in [5, 5.41) is 5.99. The Labute approximate surface area is 98.4 Å². The summed E-state index contributed by atoms with van der Waals surface area (Å²) in [7, 11) is 0. The average molecular weight is 238 g/mol. The molecule has 2 rings (SSSR count). The normalized spacial score (nSPS) is 20.4. The van der Waals surface area contributed by atoms with Crippen LogP contribution >= 0.6 is 11.8 Å². The van der Waals surface area contributed by atoms with Crippen molar-refractivity contribution in [1.29, 1.82) is 0 Å². The molecule has 1 unspecified atom stereocenters. The third kappa shape index (κ3) is 3.46. The summed E-state index contributed by atoms with van der Waals surface area (Å²) in [6, 6.07) is 1.98. The summed E-state index contributed by atoms with van der Waals surface area (Å²) in [6.07, 6.45) is 3.69. The molecule has 0 radical (unpaired) electrons. The first-order valence-electron chi connectivity index (χ1n) is 5.22. The number of carbonyl (C=O) groups is 1. The number of hydrogen-bond donors (Lipinski definition) is 2. The highest BCUT2D eigenvalue weighted by Gasteiger charge is 2.16. The largest absolute Gasteiger partial charge is 0.312 e. The van der Waals surface area contributed by atoms with Gasteiger partial charge in [0.1, 0.15) is 0 Å². The fraction of sp³-hybridized carbons (Fsp3) is 0.500. The van der Waals surface area contributed by atoms with Gasteiger partial charge in [0, 0.05) is 42.9 Å². The number of nitrogens with one attached hydrogen (secondary N) is 2. The van der Waals surface area contributed by atoms with Crippen molar-refractivity contribution in [2.45, 2.75) is 12.5 Å². The number of hydrogen-bond acceptors (Lipinski definition) is 5. The molecule has 1 aliphatic rings. The van der Waals surface area contributed by atoms with Crippen molar-refractivity contribution in [3.63, 3.8) is 0 Å². The van der Waals surface area contributed by atoms with Crippen LogP contribution in [0.15, 0.2) is 18.5 Å². The molecule has 0 aliphatic carbocycles. The number of aromatic nitrogens is 2. The summed E-state index contributed by atoms with van der Waals surface area (Å²) in [5.41, 5.74) is 0. The topological polar surface area (TPSA) is 66.9 Å². The molecular formula is C10H14N4OS. The van der Waals surface area contributed by atoms with Crippen LogP contribution in [0.1, 0.15) is 6.42 Å². The SMILES string of the molecule is O=C(CC1CSCCN1)Nc1ncccn1. The summed E-state index contributed by atoms with van der Waals surface area (Å²) in [5.74, 6) is 2.45. The zero-order valence-electron chi connectivity index (χ0n) is 8.85. The molecule has 6 heteroatoms. The molecule has 1 atom stereocenters. The molecule has 1 aromatic heterocycles. The molecule has 1 saturated heterocycles. The number of thioether (sulfide) groups is 1. The Bertz CT molecular complexity index is 340. The smallest absolute Gasteiger partial charge is 0.229 e. The van der Waals surface area contributed by atoms with Crippen LogP contribution in [0, 0.1) is 0 Å². The molecule has 5 nitrogen and oxygen atoms in total. The number of nitrogens with zero attached hydrogens (tertiary/aromatic N) is 2. The molecule has 0 aromatic carbocycles. The Hall–Kier alpha value is -1.14. The second kappa shape index (κ2) is 5.81. The van der Waals surface area contributed by atoms with Crippen molar-refractivity contribution in [1.82, 2.24) is 15.3 Å². The molecule has 0 bridgehead atoms. The lowest BCUT2D eigenvalue weighted by molar-refractivity contribution is -0.116. The van der Waals surface area contributed by atoms with Crippen LogP contribution in [0.4, 0.5) is 5.95 Å². The van der Waals surface area contributed by atoms with Crippen molar-refractivity contribution in [3.05, 3.63) is 18.5 Å². The fourth-order valence-electron chi connectivity index (χ4n) is 1.51. The third-order valence-corrected chi connectivity index (χ3v) is 3.38. The maximum absolute atomic E-state index is 11.6. The maximum atomic E-state index is 11.6. The zero-order valence-corrected chi connectivity index (χ0v) is 9.67. The van der Waals surface area contributed by atoms with E-state index in [4.69, 9.17) is 0 Å². The van der Waals surface area contributed by atoms with Gasteiger partial charge in [0.25, 0.3) is 0 Å². The van der Waals surface area contributed by atoms with E-state index in [-0.39, 0.29) is 11.9 Å². The molecule has 1 amide bonds. The van der Waals surface area contributed by atoms with Crippen LogP contribution in [-0.4, -0.2) is 40.0 Å². The Morgan fingerprint density at radius 1 is 1.56 bits per heavy atom. The van der Waals surface area contributed by atoms with E-state index in [1.807, 2.05) is 11.8 Å². The van der Waals surface area contributed by atoms with Crippen molar-refractivity contribution in [2.24, 2.45) is 0 Å². The predicted octanol–water partition coefficient (Wildman–Crippen LogP) is 0.510. The number of anilines is 1. The van der Waals surface area contributed by atoms with Gasteiger partial charge in [-0.2, -0.15) is 11.8 Å². The molecule has 1 fully saturated rings. The molecule has 1 aliphatic heterocycles. The van der Waals surface area contributed by atoms with Gasteiger partial charge in [-0.15, -0.1) is 0 Å². The lowest BCUT2D eigenvalue weighted by Gasteiger charge is -2.22. The molecular weight excluding hydrogens is 224 g/mol. The molecule has 86 valence electrons. The van der Waals surface area contributed by atoms with Gasteiger partial charge in [0.05, 0.1) is 0 Å². The molecule has 2 heterocycles. The van der Waals surface area contributed by atoms with Gasteiger partial charge in [-0.25, -0.2) is 9.97 Å². The molecule has 1 aromatic rings. The van der Waals surface area contributed by atoms with Gasteiger partial charge in [0.15, 0.2) is 0 Å². The summed E-state index contributed by atoms with van der Waals surface area (Å²) in [4.78, 5) is 19.5. The molecule has 2 N–H and O–H groups in total. The zero-order chi connectivity index (χ0) is 11.2. The summed E-state index contributed by atoms with van der Waals surface area (Å²) < 4.78 is 0. The van der Waals surface area contributed by atoms with Gasteiger partial charge in [-0.05, 0) is 6.07 Å². The van der Waals surface area contributed by atoms with Crippen LogP contribution in [-0.2, 0) is 4.79 Å². The van der Waals surface area contributed by atoms with Gasteiger partial charge in [0.2, 0.25) is 11.9 Å².